The van der Waals surface area contributed by atoms with Crippen LogP contribution in [0.3, 0.4) is 0 Å². The molecule has 5 nitrogen and oxygen atoms in total. The van der Waals surface area contributed by atoms with Crippen molar-refractivity contribution in [3.8, 4) is 6.07 Å². The maximum atomic E-state index is 10.6. The van der Waals surface area contributed by atoms with Gasteiger partial charge in [-0.05, 0) is 24.8 Å². The van der Waals surface area contributed by atoms with Crippen LogP contribution in [0.15, 0.2) is 16.8 Å². The molecule has 0 aromatic rings. The normalized spacial score (nSPS) is 25.8. The fraction of sp³-hybridized carbons (Fsp3) is 0.545. The number of rotatable bonds is 1. The Kier molecular flexibility index (Phi) is 3.33. The number of allylic oxidation sites excluding steroid dienone is 2. The summed E-state index contributed by atoms with van der Waals surface area (Å²) in [5, 5.41) is 13.0. The summed E-state index contributed by atoms with van der Waals surface area (Å²) in [7, 11) is 0. The number of primary amides is 1. The minimum absolute atomic E-state index is 0.175. The minimum Gasteiger partial charge on any atom is -0.350 e. The topological polar surface area (TPSA) is 91.3 Å². The zero-order valence-electron chi connectivity index (χ0n) is 9.74. The monoisotopic (exact) mass is 220 g/mol. The van der Waals surface area contributed by atoms with Crippen molar-refractivity contribution in [1.82, 2.24) is 5.43 Å². The first-order chi connectivity index (χ1) is 7.36. The van der Waals surface area contributed by atoms with Crippen LogP contribution in [0, 0.1) is 22.7 Å². The van der Waals surface area contributed by atoms with Gasteiger partial charge < -0.3 is 5.73 Å². The molecule has 0 spiro atoms. The lowest BCUT2D eigenvalue weighted by Gasteiger charge is -2.33. The summed E-state index contributed by atoms with van der Waals surface area (Å²) >= 11 is 0. The van der Waals surface area contributed by atoms with E-state index >= 15 is 0 Å². The molecule has 2 amide bonds. The Morgan fingerprint density at radius 2 is 2.38 bits per heavy atom. The molecule has 0 bridgehead atoms. The van der Waals surface area contributed by atoms with E-state index in [1.54, 1.807) is 0 Å². The van der Waals surface area contributed by atoms with Gasteiger partial charge in [0.1, 0.15) is 0 Å². The lowest BCUT2D eigenvalue weighted by atomic mass is 9.69. The van der Waals surface area contributed by atoms with Gasteiger partial charge in [0.15, 0.2) is 0 Å². The van der Waals surface area contributed by atoms with Gasteiger partial charge in [-0.15, -0.1) is 0 Å². The summed E-state index contributed by atoms with van der Waals surface area (Å²) in [6.07, 6.45) is 2.68. The quantitative estimate of drug-likeness (QED) is 0.656. The van der Waals surface area contributed by atoms with E-state index in [4.69, 9.17) is 11.0 Å². The molecular weight excluding hydrogens is 204 g/mol. The van der Waals surface area contributed by atoms with E-state index < -0.39 is 6.03 Å². The van der Waals surface area contributed by atoms with E-state index in [9.17, 15) is 4.79 Å². The van der Waals surface area contributed by atoms with Gasteiger partial charge in [0.2, 0.25) is 0 Å². The number of nitrogens with zero attached hydrogens (tertiary/aromatic N) is 2. The average Bonchev–Trinajstić information content (AvgIpc) is 2.12. The highest BCUT2D eigenvalue weighted by atomic mass is 16.2. The third-order valence-electron chi connectivity index (χ3n) is 2.63. The molecule has 0 aromatic carbocycles. The molecule has 1 unspecified atom stereocenters. The molecule has 0 radical (unpaired) electrons. The second-order valence-corrected chi connectivity index (χ2v) is 4.73. The van der Waals surface area contributed by atoms with Gasteiger partial charge in [0.05, 0.1) is 17.7 Å². The van der Waals surface area contributed by atoms with Crippen LogP contribution in [0.2, 0.25) is 0 Å². The molecular formula is C11H16N4O. The molecule has 1 atom stereocenters. The summed E-state index contributed by atoms with van der Waals surface area (Å²) in [6.45, 7) is 6.00. The molecule has 0 heterocycles. The minimum atomic E-state index is -0.723. The Labute approximate surface area is 95.0 Å². The number of hydrogen-bond donors (Lipinski definition) is 2. The van der Waals surface area contributed by atoms with Crippen molar-refractivity contribution < 1.29 is 4.79 Å². The predicted molar refractivity (Wildman–Crippen MR) is 61.4 cm³/mol. The molecule has 16 heavy (non-hydrogen) atoms. The zero-order valence-corrected chi connectivity index (χ0v) is 9.74. The maximum absolute atomic E-state index is 10.6. The van der Waals surface area contributed by atoms with E-state index in [0.717, 1.165) is 12.0 Å². The first-order valence-corrected chi connectivity index (χ1v) is 5.06. The number of nitriles is 1. The second kappa shape index (κ2) is 4.35. The fourth-order valence-electron chi connectivity index (χ4n) is 2.07. The summed E-state index contributed by atoms with van der Waals surface area (Å²) < 4.78 is 0. The molecule has 86 valence electrons. The van der Waals surface area contributed by atoms with Gasteiger partial charge in [0, 0.05) is 0 Å². The van der Waals surface area contributed by atoms with Gasteiger partial charge in [-0.25, -0.2) is 10.2 Å². The van der Waals surface area contributed by atoms with Crippen molar-refractivity contribution in [1.29, 1.82) is 5.26 Å². The van der Waals surface area contributed by atoms with Crippen LogP contribution in [-0.2, 0) is 0 Å². The van der Waals surface area contributed by atoms with Crippen LogP contribution in [0.4, 0.5) is 4.79 Å². The molecule has 0 fully saturated rings. The van der Waals surface area contributed by atoms with Crippen LogP contribution in [-0.4, -0.2) is 11.7 Å². The van der Waals surface area contributed by atoms with Gasteiger partial charge in [-0.3, -0.25) is 0 Å². The molecule has 0 saturated carbocycles. The van der Waals surface area contributed by atoms with Crippen LogP contribution < -0.4 is 11.2 Å². The Balaban J connectivity index is 3.06. The first kappa shape index (κ1) is 12.2. The van der Waals surface area contributed by atoms with Crippen molar-refractivity contribution in [3.63, 3.8) is 0 Å². The van der Waals surface area contributed by atoms with Crippen LogP contribution >= 0.6 is 0 Å². The Hall–Kier alpha value is -1.83. The summed E-state index contributed by atoms with van der Waals surface area (Å²) in [4.78, 5) is 10.6. The third-order valence-corrected chi connectivity index (χ3v) is 2.63. The molecule has 1 aliphatic rings. The van der Waals surface area contributed by atoms with Crippen molar-refractivity contribution in [2.45, 2.75) is 27.2 Å². The van der Waals surface area contributed by atoms with E-state index in [1.807, 2.05) is 26.8 Å². The predicted octanol–water partition coefficient (Wildman–Crippen LogP) is 1.53. The molecule has 3 N–H and O–H groups in total. The average molecular weight is 220 g/mol. The van der Waals surface area contributed by atoms with Crippen molar-refractivity contribution >= 4 is 11.7 Å². The van der Waals surface area contributed by atoms with Crippen molar-refractivity contribution in [2.24, 2.45) is 22.2 Å². The highest BCUT2D eigenvalue weighted by molar-refractivity contribution is 6.00. The summed E-state index contributed by atoms with van der Waals surface area (Å²) in [5.41, 5.74) is 8.64. The number of urea groups is 1. The number of carbonyl (C=O) groups excluding carboxylic acids is 1. The third kappa shape index (κ3) is 2.60. The van der Waals surface area contributed by atoms with Gasteiger partial charge in [-0.2, -0.15) is 10.4 Å². The van der Waals surface area contributed by atoms with Crippen LogP contribution in [0.5, 0.6) is 0 Å². The lowest BCUT2D eigenvalue weighted by Crippen LogP contribution is -2.35. The highest BCUT2D eigenvalue weighted by Gasteiger charge is 2.36. The number of nitrogens with one attached hydrogen (secondary N) is 1. The van der Waals surface area contributed by atoms with Crippen LogP contribution in [0.1, 0.15) is 27.2 Å². The molecule has 0 aliphatic heterocycles. The Morgan fingerprint density at radius 1 is 1.75 bits per heavy atom. The SMILES string of the molecule is CC1=C/C(=N\NC(N)=O)C(C#N)C(C)(C)C1. The summed E-state index contributed by atoms with van der Waals surface area (Å²) in [5.74, 6) is -0.331. The molecule has 5 heteroatoms. The second-order valence-electron chi connectivity index (χ2n) is 4.73. The zero-order chi connectivity index (χ0) is 12.3. The van der Waals surface area contributed by atoms with Crippen molar-refractivity contribution in [2.75, 3.05) is 0 Å². The van der Waals surface area contributed by atoms with Gasteiger partial charge in [-0.1, -0.05) is 19.4 Å². The molecule has 0 saturated heterocycles. The number of hydrazone groups is 1. The van der Waals surface area contributed by atoms with Crippen LogP contribution in [0.25, 0.3) is 0 Å². The largest absolute Gasteiger partial charge is 0.350 e. The first-order valence-electron chi connectivity index (χ1n) is 5.06. The number of amides is 2. The summed E-state index contributed by atoms with van der Waals surface area (Å²) in [6, 6.07) is 1.50. The molecule has 1 rings (SSSR count). The number of nitrogens with two attached hydrogens (primary N) is 1. The van der Waals surface area contributed by atoms with Gasteiger partial charge in [0.25, 0.3) is 0 Å². The van der Waals surface area contributed by atoms with E-state index in [0.29, 0.717) is 5.71 Å². The standard InChI is InChI=1S/C11H16N4O/c1-7-4-9(14-15-10(13)16)8(6-12)11(2,3)5-7/h4,8H,5H2,1-3H3,(H3,13,15,16)/b14-9+. The van der Waals surface area contributed by atoms with E-state index in [-0.39, 0.29) is 11.3 Å². The maximum Gasteiger partial charge on any atom is 0.332 e. The van der Waals surface area contributed by atoms with E-state index in [2.05, 4.69) is 16.6 Å². The number of hydrogen-bond acceptors (Lipinski definition) is 3. The Bertz CT molecular complexity index is 401. The number of carbonyl (C=O) groups is 1. The highest BCUT2D eigenvalue weighted by Crippen LogP contribution is 2.38. The Morgan fingerprint density at radius 3 is 2.88 bits per heavy atom. The smallest absolute Gasteiger partial charge is 0.332 e. The fourth-order valence-corrected chi connectivity index (χ4v) is 2.07. The van der Waals surface area contributed by atoms with E-state index in [1.165, 1.54) is 0 Å². The van der Waals surface area contributed by atoms with Crippen molar-refractivity contribution in [3.05, 3.63) is 11.6 Å². The van der Waals surface area contributed by atoms with Gasteiger partial charge >= 0.3 is 6.03 Å². The molecule has 1 aliphatic carbocycles. The molecule has 0 aromatic heterocycles. The lowest BCUT2D eigenvalue weighted by molar-refractivity contribution is 0.249.